The summed E-state index contributed by atoms with van der Waals surface area (Å²) in [5, 5.41) is 0. The third kappa shape index (κ3) is 5.10. The average Bonchev–Trinajstić information content (AvgIpc) is 3.22. The first-order valence-corrected chi connectivity index (χ1v) is 9.81. The van der Waals surface area contributed by atoms with Crippen LogP contribution in [0.25, 0.3) is 0 Å². The van der Waals surface area contributed by atoms with Gasteiger partial charge < -0.3 is 9.32 Å². The summed E-state index contributed by atoms with van der Waals surface area (Å²) in [6, 6.07) is 13.2. The zero-order valence-electron chi connectivity index (χ0n) is 17.3. The molecule has 1 atom stereocenters. The summed E-state index contributed by atoms with van der Waals surface area (Å²) < 4.78 is 33.1. The van der Waals surface area contributed by atoms with E-state index in [4.69, 9.17) is 4.42 Å². The molecule has 1 amide bonds. The van der Waals surface area contributed by atoms with Gasteiger partial charge in [0.05, 0.1) is 6.54 Å². The number of amides is 1. The molecule has 0 fully saturated rings. The van der Waals surface area contributed by atoms with Crippen LogP contribution in [0.15, 0.2) is 59.2 Å². The van der Waals surface area contributed by atoms with Gasteiger partial charge in [0.2, 0.25) is 5.89 Å². The van der Waals surface area contributed by atoms with E-state index in [1.54, 1.807) is 11.9 Å². The van der Waals surface area contributed by atoms with Crippen molar-refractivity contribution in [1.82, 2.24) is 14.8 Å². The highest BCUT2D eigenvalue weighted by atomic mass is 19.1. The van der Waals surface area contributed by atoms with E-state index in [9.17, 15) is 13.6 Å². The molecular weight excluding hydrogens is 388 g/mol. The molecule has 158 valence electrons. The molecular formula is C23H25F2N3O2. The van der Waals surface area contributed by atoms with E-state index < -0.39 is 11.6 Å². The van der Waals surface area contributed by atoms with Gasteiger partial charge in [0.1, 0.15) is 17.9 Å². The number of halogens is 2. The fraction of sp³-hybridized carbons (Fsp3) is 0.304. The van der Waals surface area contributed by atoms with E-state index in [0.717, 1.165) is 11.6 Å². The lowest BCUT2D eigenvalue weighted by atomic mass is 10.1. The van der Waals surface area contributed by atoms with Crippen molar-refractivity contribution >= 4 is 5.91 Å². The predicted octanol–water partition coefficient (Wildman–Crippen LogP) is 4.81. The molecule has 0 radical (unpaired) electrons. The van der Waals surface area contributed by atoms with E-state index in [1.165, 1.54) is 18.4 Å². The van der Waals surface area contributed by atoms with Gasteiger partial charge in [-0.15, -0.1) is 0 Å². The molecule has 0 aliphatic heterocycles. The lowest BCUT2D eigenvalue weighted by Crippen LogP contribution is -2.28. The molecule has 7 heteroatoms. The topological polar surface area (TPSA) is 49.6 Å². The molecule has 1 heterocycles. The van der Waals surface area contributed by atoms with Gasteiger partial charge >= 0.3 is 0 Å². The molecule has 0 spiro atoms. The van der Waals surface area contributed by atoms with Crippen LogP contribution in [0.4, 0.5) is 8.78 Å². The summed E-state index contributed by atoms with van der Waals surface area (Å²) in [5.74, 6) is -1.09. The van der Waals surface area contributed by atoms with E-state index in [-0.39, 0.29) is 30.7 Å². The number of oxazole rings is 1. The van der Waals surface area contributed by atoms with E-state index in [0.29, 0.717) is 18.0 Å². The zero-order valence-corrected chi connectivity index (χ0v) is 17.3. The van der Waals surface area contributed by atoms with Crippen LogP contribution in [-0.4, -0.2) is 34.3 Å². The second-order valence-corrected chi connectivity index (χ2v) is 7.17. The molecule has 0 bridgehead atoms. The summed E-state index contributed by atoms with van der Waals surface area (Å²) in [6.07, 6.45) is 1.34. The van der Waals surface area contributed by atoms with Crippen LogP contribution in [0.3, 0.4) is 0 Å². The van der Waals surface area contributed by atoms with Crippen molar-refractivity contribution < 1.29 is 18.0 Å². The van der Waals surface area contributed by atoms with Crippen LogP contribution in [0.1, 0.15) is 47.4 Å². The fourth-order valence-electron chi connectivity index (χ4n) is 3.14. The van der Waals surface area contributed by atoms with Crippen LogP contribution in [0.5, 0.6) is 0 Å². The summed E-state index contributed by atoms with van der Waals surface area (Å²) in [7, 11) is 1.69. The number of benzene rings is 2. The van der Waals surface area contributed by atoms with Gasteiger partial charge in [0.15, 0.2) is 5.69 Å². The van der Waals surface area contributed by atoms with Crippen molar-refractivity contribution in [3.8, 4) is 0 Å². The molecule has 0 aliphatic rings. The average molecular weight is 413 g/mol. The third-order valence-corrected chi connectivity index (χ3v) is 5.15. The second kappa shape index (κ2) is 9.63. The van der Waals surface area contributed by atoms with Crippen molar-refractivity contribution in [2.24, 2.45) is 0 Å². The van der Waals surface area contributed by atoms with Crippen LogP contribution in [-0.2, 0) is 13.1 Å². The summed E-state index contributed by atoms with van der Waals surface area (Å²) in [5.41, 5.74) is 1.64. The first kappa shape index (κ1) is 21.6. The largest absolute Gasteiger partial charge is 0.447 e. The van der Waals surface area contributed by atoms with E-state index >= 15 is 0 Å². The highest BCUT2D eigenvalue weighted by molar-refractivity contribution is 5.91. The maximum absolute atomic E-state index is 14.3. The number of aromatic nitrogens is 1. The minimum atomic E-state index is -0.616. The number of nitrogens with zero attached hydrogens (tertiary/aromatic N) is 3. The Hall–Kier alpha value is -3.06. The fourth-order valence-corrected chi connectivity index (χ4v) is 3.14. The number of carbonyl (C=O) groups excluding carboxylic acids is 1. The van der Waals surface area contributed by atoms with Crippen LogP contribution >= 0.6 is 0 Å². The molecule has 0 unspecified atom stereocenters. The molecule has 1 aromatic heterocycles. The maximum atomic E-state index is 14.3. The summed E-state index contributed by atoms with van der Waals surface area (Å²) >= 11 is 0. The molecule has 0 saturated carbocycles. The molecule has 3 aromatic rings. The normalized spacial score (nSPS) is 12.2. The van der Waals surface area contributed by atoms with Gasteiger partial charge in [0, 0.05) is 37.8 Å². The first-order chi connectivity index (χ1) is 14.4. The Morgan fingerprint density at radius 3 is 2.53 bits per heavy atom. The second-order valence-electron chi connectivity index (χ2n) is 7.17. The van der Waals surface area contributed by atoms with Crippen LogP contribution in [0.2, 0.25) is 0 Å². The molecule has 30 heavy (non-hydrogen) atoms. The predicted molar refractivity (Wildman–Crippen MR) is 110 cm³/mol. The Morgan fingerprint density at radius 1 is 1.13 bits per heavy atom. The van der Waals surface area contributed by atoms with Gasteiger partial charge in [-0.05, 0) is 25.5 Å². The Balaban J connectivity index is 1.86. The number of rotatable bonds is 8. The lowest BCUT2D eigenvalue weighted by molar-refractivity contribution is 0.0796. The quantitative estimate of drug-likeness (QED) is 0.532. The minimum Gasteiger partial charge on any atom is -0.447 e. The smallest absolute Gasteiger partial charge is 0.275 e. The molecule has 0 aliphatic carbocycles. The number of carbonyl (C=O) groups is 1. The first-order valence-electron chi connectivity index (χ1n) is 9.81. The van der Waals surface area contributed by atoms with Gasteiger partial charge in [-0.3, -0.25) is 9.69 Å². The molecule has 0 N–H and O–H groups in total. The van der Waals surface area contributed by atoms with E-state index in [1.807, 2.05) is 49.1 Å². The van der Waals surface area contributed by atoms with Gasteiger partial charge in [-0.1, -0.05) is 36.4 Å². The number of hydrogen-bond acceptors (Lipinski definition) is 4. The Kier molecular flexibility index (Phi) is 6.95. The van der Waals surface area contributed by atoms with Crippen molar-refractivity contribution in [3.63, 3.8) is 0 Å². The molecule has 3 rings (SSSR count). The minimum absolute atomic E-state index is 0.0972. The summed E-state index contributed by atoms with van der Waals surface area (Å²) in [6.45, 7) is 4.91. The molecule has 2 aromatic carbocycles. The Labute approximate surface area is 174 Å². The van der Waals surface area contributed by atoms with Gasteiger partial charge in [-0.2, -0.15) is 0 Å². The SMILES string of the molecule is CCN(C)C(=O)c1coc(CN(Cc2ccc(F)cc2F)[C@H](C)c2ccccc2)n1. The van der Waals surface area contributed by atoms with Crippen molar-refractivity contribution in [2.75, 3.05) is 13.6 Å². The van der Waals surface area contributed by atoms with Crippen molar-refractivity contribution in [1.29, 1.82) is 0 Å². The van der Waals surface area contributed by atoms with Crippen molar-refractivity contribution in [3.05, 3.63) is 89.1 Å². The highest BCUT2D eigenvalue weighted by Gasteiger charge is 2.22. The Morgan fingerprint density at radius 2 is 1.87 bits per heavy atom. The molecule has 5 nitrogen and oxygen atoms in total. The van der Waals surface area contributed by atoms with Crippen molar-refractivity contribution in [2.45, 2.75) is 33.0 Å². The molecule has 0 saturated heterocycles. The van der Waals surface area contributed by atoms with Crippen LogP contribution < -0.4 is 0 Å². The summed E-state index contributed by atoms with van der Waals surface area (Å²) in [4.78, 5) is 20.1. The standard InChI is InChI=1S/C23H25F2N3O2/c1-4-27(3)23(29)21-15-30-22(26-21)14-28(16(2)17-8-6-5-7-9-17)13-18-10-11-19(24)12-20(18)25/h5-12,15-16H,4,13-14H2,1-3H3/t16-/m1/s1. The monoisotopic (exact) mass is 413 g/mol. The lowest BCUT2D eigenvalue weighted by Gasteiger charge is -2.28. The zero-order chi connectivity index (χ0) is 21.7. The highest BCUT2D eigenvalue weighted by Crippen LogP contribution is 2.25. The third-order valence-electron chi connectivity index (χ3n) is 5.15. The maximum Gasteiger partial charge on any atom is 0.275 e. The number of hydrogen-bond donors (Lipinski definition) is 0. The van der Waals surface area contributed by atoms with E-state index in [2.05, 4.69) is 4.98 Å². The van der Waals surface area contributed by atoms with Gasteiger partial charge in [-0.25, -0.2) is 13.8 Å². The van der Waals surface area contributed by atoms with Crippen LogP contribution in [0, 0.1) is 11.6 Å². The Bertz CT molecular complexity index is 991. The van der Waals surface area contributed by atoms with Gasteiger partial charge in [0.25, 0.3) is 5.91 Å².